The summed E-state index contributed by atoms with van der Waals surface area (Å²) in [6.07, 6.45) is 4.58. The molecule has 5 heteroatoms. The highest BCUT2D eigenvalue weighted by atomic mass is 16.1. The Labute approximate surface area is 139 Å². The molecule has 5 nitrogen and oxygen atoms in total. The maximum Gasteiger partial charge on any atom is 0.211 e. The molecule has 2 aromatic heterocycles. The summed E-state index contributed by atoms with van der Waals surface area (Å²) in [4.78, 5) is 15.2. The predicted octanol–water partition coefficient (Wildman–Crippen LogP) is 3.87. The number of rotatable bonds is 4. The fourth-order valence-corrected chi connectivity index (χ4v) is 2.74. The lowest BCUT2D eigenvalue weighted by Gasteiger charge is -2.15. The largest absolute Gasteiger partial charge is 0.329 e. The van der Waals surface area contributed by atoms with Gasteiger partial charge in [-0.05, 0) is 24.6 Å². The molecule has 0 atom stereocenters. The Bertz CT molecular complexity index is 1010. The van der Waals surface area contributed by atoms with Gasteiger partial charge in [0.2, 0.25) is 6.41 Å². The minimum absolute atomic E-state index is 0.673. The minimum atomic E-state index is 0.673. The van der Waals surface area contributed by atoms with Crippen molar-refractivity contribution in [1.82, 2.24) is 14.6 Å². The van der Waals surface area contributed by atoms with Crippen molar-refractivity contribution in [3.05, 3.63) is 66.5 Å². The minimum Gasteiger partial charge on any atom is -0.329 e. The van der Waals surface area contributed by atoms with Crippen LogP contribution in [0.2, 0.25) is 0 Å². The number of benzene rings is 2. The summed E-state index contributed by atoms with van der Waals surface area (Å²) in [6, 6.07) is 16.0. The van der Waals surface area contributed by atoms with Gasteiger partial charge in [0.05, 0.1) is 0 Å². The molecule has 2 N–H and O–H groups in total. The van der Waals surface area contributed by atoms with Crippen molar-refractivity contribution < 1.29 is 4.79 Å². The van der Waals surface area contributed by atoms with Crippen molar-refractivity contribution in [1.29, 1.82) is 0 Å². The third kappa shape index (κ3) is 2.46. The summed E-state index contributed by atoms with van der Waals surface area (Å²) in [7, 11) is 0. The van der Waals surface area contributed by atoms with Gasteiger partial charge in [-0.3, -0.25) is 9.89 Å². The quantitative estimate of drug-likeness (QED) is 0.561. The molecule has 0 aliphatic heterocycles. The Kier molecular flexibility index (Phi) is 3.39. The lowest BCUT2D eigenvalue weighted by atomic mass is 10.1. The van der Waals surface area contributed by atoms with Crippen LogP contribution in [-0.2, 0) is 4.79 Å². The molecule has 2 heterocycles. The Morgan fingerprint density at radius 2 is 1.92 bits per heavy atom. The summed E-state index contributed by atoms with van der Waals surface area (Å²) in [5.74, 6) is 0. The van der Waals surface area contributed by atoms with E-state index in [1.807, 2.05) is 41.2 Å². The van der Waals surface area contributed by atoms with Crippen LogP contribution in [0.5, 0.6) is 0 Å². The van der Waals surface area contributed by atoms with E-state index in [2.05, 4.69) is 46.6 Å². The Hall–Kier alpha value is -3.34. The second-order valence-corrected chi connectivity index (χ2v) is 5.73. The maximum atomic E-state index is 10.6. The highest BCUT2D eigenvalue weighted by Gasteiger charge is 2.12. The van der Waals surface area contributed by atoms with E-state index in [9.17, 15) is 4.79 Å². The molecule has 118 valence electrons. The van der Waals surface area contributed by atoms with E-state index in [1.165, 1.54) is 5.56 Å². The molecule has 2 aromatic carbocycles. The molecule has 0 spiro atoms. The van der Waals surface area contributed by atoms with Gasteiger partial charge < -0.3 is 5.32 Å². The fraction of sp³-hybridized carbons (Fsp3) is 0.0526. The predicted molar refractivity (Wildman–Crippen MR) is 94.8 cm³/mol. The van der Waals surface area contributed by atoms with E-state index >= 15 is 0 Å². The van der Waals surface area contributed by atoms with Crippen molar-refractivity contribution >= 4 is 17.7 Å². The highest BCUT2D eigenvalue weighted by Crippen LogP contribution is 2.27. The van der Waals surface area contributed by atoms with Gasteiger partial charge in [-0.2, -0.15) is 0 Å². The summed E-state index contributed by atoms with van der Waals surface area (Å²) >= 11 is 0. The summed E-state index contributed by atoms with van der Waals surface area (Å²) in [6.45, 7) is 2.07. The molecular formula is C19H16N4O. The number of aromatic nitrogens is 3. The third-order valence-electron chi connectivity index (χ3n) is 4.04. The second kappa shape index (κ2) is 5.70. The van der Waals surface area contributed by atoms with Gasteiger partial charge in [-0.25, -0.2) is 9.50 Å². The monoisotopic (exact) mass is 316 g/mol. The van der Waals surface area contributed by atoms with Crippen LogP contribution in [0, 0.1) is 6.92 Å². The molecule has 0 unspecified atom stereocenters. The first-order valence-corrected chi connectivity index (χ1v) is 7.68. The highest BCUT2D eigenvalue weighted by molar-refractivity contribution is 5.81. The number of aryl methyl sites for hydroxylation is 1. The number of hydrogen-bond donors (Lipinski definition) is 2. The van der Waals surface area contributed by atoms with Gasteiger partial charge in [0, 0.05) is 29.2 Å². The lowest BCUT2D eigenvalue weighted by molar-refractivity contribution is -0.105. The van der Waals surface area contributed by atoms with Crippen molar-refractivity contribution in [3.8, 4) is 22.4 Å². The number of carbonyl (C=O) groups excluding carboxylic acids is 1. The van der Waals surface area contributed by atoms with E-state index in [0.29, 0.717) is 6.41 Å². The summed E-state index contributed by atoms with van der Waals surface area (Å²) in [5.41, 5.74) is 6.98. The first kappa shape index (κ1) is 14.3. The smallest absolute Gasteiger partial charge is 0.211 e. The van der Waals surface area contributed by atoms with Crippen LogP contribution in [0.3, 0.4) is 0 Å². The SMILES string of the molecule is Cc1ccc(-c2cnc3c(-c4cccc(NC=O)c4)[nH]n3c2)cc1. The van der Waals surface area contributed by atoms with Crippen LogP contribution in [-0.4, -0.2) is 21.0 Å². The molecule has 24 heavy (non-hydrogen) atoms. The molecule has 0 fully saturated rings. The van der Waals surface area contributed by atoms with E-state index in [0.717, 1.165) is 33.7 Å². The number of anilines is 1. The van der Waals surface area contributed by atoms with E-state index in [-0.39, 0.29) is 0 Å². The fourth-order valence-electron chi connectivity index (χ4n) is 2.74. The number of fused-ring (bicyclic) bond motifs is 1. The van der Waals surface area contributed by atoms with Gasteiger partial charge >= 0.3 is 0 Å². The summed E-state index contributed by atoms with van der Waals surface area (Å²) in [5, 5.41) is 5.95. The molecule has 1 amide bonds. The zero-order valence-electron chi connectivity index (χ0n) is 13.2. The first-order chi connectivity index (χ1) is 11.7. The molecule has 4 rings (SSSR count). The van der Waals surface area contributed by atoms with E-state index < -0.39 is 0 Å². The van der Waals surface area contributed by atoms with Crippen LogP contribution in [0.4, 0.5) is 5.69 Å². The molecule has 0 saturated heterocycles. The number of aromatic amines is 1. The first-order valence-electron chi connectivity index (χ1n) is 7.68. The van der Waals surface area contributed by atoms with Crippen LogP contribution in [0.15, 0.2) is 60.9 Å². The van der Waals surface area contributed by atoms with Crippen LogP contribution in [0.25, 0.3) is 28.0 Å². The lowest BCUT2D eigenvalue weighted by Crippen LogP contribution is -2.07. The zero-order valence-corrected chi connectivity index (χ0v) is 13.2. The molecule has 0 aliphatic carbocycles. The Morgan fingerprint density at radius 3 is 2.67 bits per heavy atom. The van der Waals surface area contributed by atoms with Crippen LogP contribution >= 0.6 is 0 Å². The standard InChI is InChI=1S/C19H16N4O/c1-13-5-7-14(8-6-13)16-10-20-19-18(22-23(19)11-16)15-3-2-4-17(9-15)21-12-24/h2-12,22H,1H3,(H,21,24). The zero-order chi connectivity index (χ0) is 16.5. The van der Waals surface area contributed by atoms with Crippen molar-refractivity contribution in [2.75, 3.05) is 5.32 Å². The Balaban J connectivity index is 1.69. The number of hydrogen-bond acceptors (Lipinski definition) is 2. The molecule has 0 saturated carbocycles. The third-order valence-corrected chi connectivity index (χ3v) is 4.04. The maximum absolute atomic E-state index is 10.6. The number of amides is 1. The second-order valence-electron chi connectivity index (χ2n) is 5.73. The summed E-state index contributed by atoms with van der Waals surface area (Å²) < 4.78 is 1.91. The van der Waals surface area contributed by atoms with Gasteiger partial charge in [-0.1, -0.05) is 42.0 Å². The molecule has 0 aliphatic rings. The van der Waals surface area contributed by atoms with E-state index in [4.69, 9.17) is 0 Å². The van der Waals surface area contributed by atoms with Crippen LogP contribution in [0.1, 0.15) is 5.56 Å². The van der Waals surface area contributed by atoms with Crippen LogP contribution < -0.4 is 5.32 Å². The van der Waals surface area contributed by atoms with Gasteiger partial charge in [0.1, 0.15) is 5.69 Å². The normalized spacial score (nSPS) is 10.9. The number of nitrogens with zero attached hydrogens (tertiary/aromatic N) is 2. The molecule has 0 radical (unpaired) electrons. The number of nitrogens with one attached hydrogen (secondary N) is 2. The number of H-pyrrole nitrogens is 1. The van der Waals surface area contributed by atoms with Gasteiger partial charge in [0.25, 0.3) is 0 Å². The van der Waals surface area contributed by atoms with Gasteiger partial charge in [0.15, 0.2) is 5.65 Å². The van der Waals surface area contributed by atoms with Crippen molar-refractivity contribution in [2.45, 2.75) is 6.92 Å². The van der Waals surface area contributed by atoms with E-state index in [1.54, 1.807) is 0 Å². The van der Waals surface area contributed by atoms with Crippen molar-refractivity contribution in [3.63, 3.8) is 0 Å². The molecular weight excluding hydrogens is 300 g/mol. The Morgan fingerprint density at radius 1 is 1.08 bits per heavy atom. The van der Waals surface area contributed by atoms with Gasteiger partial charge in [-0.15, -0.1) is 0 Å². The number of carbonyl (C=O) groups is 1. The average molecular weight is 316 g/mol. The average Bonchev–Trinajstić information content (AvgIpc) is 2.57. The topological polar surface area (TPSA) is 62.2 Å². The molecule has 4 aromatic rings. The van der Waals surface area contributed by atoms with Crippen molar-refractivity contribution in [2.24, 2.45) is 0 Å². The molecule has 0 bridgehead atoms.